The number of benzene rings is 1. The van der Waals surface area contributed by atoms with Crippen molar-refractivity contribution in [2.24, 2.45) is 13.0 Å². The fourth-order valence-corrected chi connectivity index (χ4v) is 3.63. The van der Waals surface area contributed by atoms with Gasteiger partial charge in [-0.3, -0.25) is 14.9 Å². The van der Waals surface area contributed by atoms with E-state index in [4.69, 9.17) is 4.74 Å². The van der Waals surface area contributed by atoms with E-state index in [1.165, 1.54) is 0 Å². The van der Waals surface area contributed by atoms with E-state index in [1.54, 1.807) is 25.8 Å². The van der Waals surface area contributed by atoms with Gasteiger partial charge in [-0.25, -0.2) is 4.68 Å². The molecule has 0 bridgehead atoms. The van der Waals surface area contributed by atoms with Crippen LogP contribution in [0, 0.1) is 23.0 Å². The smallest absolute Gasteiger partial charge is 0.333 e. The third kappa shape index (κ3) is 4.08. The van der Waals surface area contributed by atoms with Gasteiger partial charge in [0.25, 0.3) is 0 Å². The van der Waals surface area contributed by atoms with Crippen LogP contribution in [0.4, 0.5) is 11.5 Å². The molecule has 28 heavy (non-hydrogen) atoms. The van der Waals surface area contributed by atoms with E-state index in [1.807, 2.05) is 29.2 Å². The largest absolute Gasteiger partial charge is 0.497 e. The zero-order valence-corrected chi connectivity index (χ0v) is 16.3. The minimum atomic E-state index is -0.384. The van der Waals surface area contributed by atoms with Crippen LogP contribution in [0.1, 0.15) is 24.1 Å². The first-order chi connectivity index (χ1) is 13.4. The number of piperidine rings is 1. The van der Waals surface area contributed by atoms with Gasteiger partial charge in [-0.1, -0.05) is 12.1 Å². The second-order valence-electron chi connectivity index (χ2n) is 6.97. The minimum absolute atomic E-state index is 0.0196. The number of ether oxygens (including phenoxy) is 1. The molecule has 1 aliphatic rings. The molecule has 0 spiro atoms. The SMILES string of the molecule is COc1ccc(CNC(=O)C2CCN(c3c([N+](=O)[O-])c(C)nn3C)CC2)cc1. The lowest BCUT2D eigenvalue weighted by molar-refractivity contribution is -0.384. The summed E-state index contributed by atoms with van der Waals surface area (Å²) in [5, 5.41) is 18.5. The maximum atomic E-state index is 12.5. The Balaban J connectivity index is 1.56. The van der Waals surface area contributed by atoms with Gasteiger partial charge in [-0.2, -0.15) is 5.10 Å². The first-order valence-electron chi connectivity index (χ1n) is 9.24. The Hall–Kier alpha value is -3.10. The summed E-state index contributed by atoms with van der Waals surface area (Å²) in [6.45, 7) is 3.28. The third-order valence-corrected chi connectivity index (χ3v) is 5.13. The average molecular weight is 387 g/mol. The quantitative estimate of drug-likeness (QED) is 0.602. The van der Waals surface area contributed by atoms with Crippen LogP contribution in [-0.2, 0) is 18.4 Å². The monoisotopic (exact) mass is 387 g/mol. The van der Waals surface area contributed by atoms with Gasteiger partial charge in [-0.05, 0) is 37.5 Å². The first-order valence-corrected chi connectivity index (χ1v) is 9.24. The predicted octanol–water partition coefficient (Wildman–Crippen LogP) is 2.18. The number of aryl methyl sites for hydroxylation is 2. The van der Waals surface area contributed by atoms with Crippen LogP contribution in [0.25, 0.3) is 0 Å². The molecule has 1 N–H and O–H groups in total. The normalized spacial score (nSPS) is 14.8. The summed E-state index contributed by atoms with van der Waals surface area (Å²) < 4.78 is 6.68. The molecule has 0 radical (unpaired) electrons. The molecule has 3 rings (SSSR count). The Morgan fingerprint density at radius 1 is 1.32 bits per heavy atom. The van der Waals surface area contributed by atoms with Crippen LogP contribution in [0.2, 0.25) is 0 Å². The van der Waals surface area contributed by atoms with E-state index in [9.17, 15) is 14.9 Å². The molecule has 9 heteroatoms. The summed E-state index contributed by atoms with van der Waals surface area (Å²) in [7, 11) is 3.33. The average Bonchev–Trinajstić information content (AvgIpc) is 3.00. The molecule has 0 unspecified atom stereocenters. The van der Waals surface area contributed by atoms with Gasteiger partial charge >= 0.3 is 5.69 Å². The molecule has 1 amide bonds. The Morgan fingerprint density at radius 2 is 1.96 bits per heavy atom. The molecule has 1 fully saturated rings. The zero-order valence-electron chi connectivity index (χ0n) is 16.3. The highest BCUT2D eigenvalue weighted by atomic mass is 16.6. The highest BCUT2D eigenvalue weighted by molar-refractivity contribution is 5.79. The maximum absolute atomic E-state index is 12.5. The zero-order chi connectivity index (χ0) is 20.3. The molecule has 1 aromatic carbocycles. The molecule has 1 aliphatic heterocycles. The number of carbonyl (C=O) groups is 1. The van der Waals surface area contributed by atoms with Crippen LogP contribution >= 0.6 is 0 Å². The van der Waals surface area contributed by atoms with Crippen LogP contribution in [0.5, 0.6) is 5.75 Å². The van der Waals surface area contributed by atoms with E-state index < -0.39 is 0 Å². The van der Waals surface area contributed by atoms with Crippen LogP contribution in [0.15, 0.2) is 24.3 Å². The molecule has 1 saturated heterocycles. The van der Waals surface area contributed by atoms with Crippen LogP contribution < -0.4 is 15.0 Å². The van der Waals surface area contributed by atoms with Gasteiger partial charge in [0.15, 0.2) is 0 Å². The summed E-state index contributed by atoms with van der Waals surface area (Å²) in [6.07, 6.45) is 1.30. The summed E-state index contributed by atoms with van der Waals surface area (Å²) in [6, 6.07) is 7.57. The van der Waals surface area contributed by atoms with E-state index in [2.05, 4.69) is 10.4 Å². The number of rotatable bonds is 6. The summed E-state index contributed by atoms with van der Waals surface area (Å²) in [5.74, 6) is 1.22. The Kier molecular flexibility index (Phi) is 5.81. The number of nitrogens with one attached hydrogen (secondary N) is 1. The summed E-state index contributed by atoms with van der Waals surface area (Å²) in [5.41, 5.74) is 1.46. The van der Waals surface area contributed by atoms with E-state index in [-0.39, 0.29) is 22.4 Å². The summed E-state index contributed by atoms with van der Waals surface area (Å²) >= 11 is 0. The molecular weight excluding hydrogens is 362 g/mol. The second kappa shape index (κ2) is 8.28. The van der Waals surface area contributed by atoms with Gasteiger partial charge in [0.05, 0.1) is 12.0 Å². The lowest BCUT2D eigenvalue weighted by Gasteiger charge is -2.32. The fraction of sp³-hybridized carbons (Fsp3) is 0.474. The van der Waals surface area contributed by atoms with Gasteiger partial charge in [0.1, 0.15) is 11.4 Å². The number of aromatic nitrogens is 2. The van der Waals surface area contributed by atoms with Crippen molar-refractivity contribution >= 4 is 17.4 Å². The molecule has 150 valence electrons. The van der Waals surface area contributed by atoms with Crippen molar-refractivity contribution in [1.29, 1.82) is 0 Å². The Morgan fingerprint density at radius 3 is 2.54 bits per heavy atom. The van der Waals surface area contributed by atoms with Crippen molar-refractivity contribution in [3.63, 3.8) is 0 Å². The number of hydrogen-bond donors (Lipinski definition) is 1. The van der Waals surface area contributed by atoms with Gasteiger partial charge < -0.3 is 15.0 Å². The standard InChI is InChI=1S/C19H25N5O4/c1-13-17(24(26)27)19(22(2)21-13)23-10-8-15(9-11-23)18(25)20-12-14-4-6-16(28-3)7-5-14/h4-7,15H,8-12H2,1-3H3,(H,20,25). The predicted molar refractivity (Wildman–Crippen MR) is 104 cm³/mol. The number of methoxy groups -OCH3 is 1. The molecule has 0 saturated carbocycles. The van der Waals surface area contributed by atoms with Crippen LogP contribution in [0.3, 0.4) is 0 Å². The van der Waals surface area contributed by atoms with Crippen molar-refractivity contribution in [2.45, 2.75) is 26.3 Å². The molecule has 9 nitrogen and oxygen atoms in total. The molecule has 1 aromatic heterocycles. The maximum Gasteiger partial charge on any atom is 0.333 e. The number of amides is 1. The van der Waals surface area contributed by atoms with E-state index in [0.717, 1.165) is 11.3 Å². The molecule has 0 aliphatic carbocycles. The van der Waals surface area contributed by atoms with E-state index >= 15 is 0 Å². The first kappa shape index (κ1) is 19.7. The van der Waals surface area contributed by atoms with Crippen molar-refractivity contribution in [3.05, 3.63) is 45.6 Å². The number of nitro groups is 1. The topological polar surface area (TPSA) is 103 Å². The second-order valence-corrected chi connectivity index (χ2v) is 6.97. The number of hydrogen-bond acceptors (Lipinski definition) is 6. The van der Waals surface area contributed by atoms with Crippen molar-refractivity contribution in [3.8, 4) is 5.75 Å². The molecular formula is C19H25N5O4. The van der Waals surface area contributed by atoms with Gasteiger partial charge in [0, 0.05) is 32.6 Å². The number of nitrogens with zero attached hydrogens (tertiary/aromatic N) is 4. The minimum Gasteiger partial charge on any atom is -0.497 e. The number of carbonyl (C=O) groups excluding carboxylic acids is 1. The molecule has 2 heterocycles. The van der Waals surface area contributed by atoms with Crippen LogP contribution in [-0.4, -0.2) is 40.8 Å². The Bertz CT molecular complexity index is 854. The van der Waals surface area contributed by atoms with Crippen molar-refractivity contribution in [2.75, 3.05) is 25.1 Å². The molecule has 2 aromatic rings. The van der Waals surface area contributed by atoms with Crippen molar-refractivity contribution < 1.29 is 14.5 Å². The highest BCUT2D eigenvalue weighted by Crippen LogP contribution is 2.33. The third-order valence-electron chi connectivity index (χ3n) is 5.13. The fourth-order valence-electron chi connectivity index (χ4n) is 3.63. The van der Waals surface area contributed by atoms with Gasteiger partial charge in [-0.15, -0.1) is 0 Å². The summed E-state index contributed by atoms with van der Waals surface area (Å²) in [4.78, 5) is 25.5. The van der Waals surface area contributed by atoms with E-state index in [0.29, 0.717) is 44.0 Å². The lowest BCUT2D eigenvalue weighted by Crippen LogP contribution is -2.41. The van der Waals surface area contributed by atoms with Gasteiger partial charge in [0.2, 0.25) is 11.7 Å². The molecule has 0 atom stereocenters. The lowest BCUT2D eigenvalue weighted by atomic mass is 9.95. The Labute approximate surface area is 163 Å². The number of anilines is 1. The highest BCUT2D eigenvalue weighted by Gasteiger charge is 2.32. The van der Waals surface area contributed by atoms with Crippen molar-refractivity contribution in [1.82, 2.24) is 15.1 Å².